The van der Waals surface area contributed by atoms with Crippen molar-refractivity contribution in [1.29, 1.82) is 0 Å². The highest BCUT2D eigenvalue weighted by Gasteiger charge is 2.47. The number of aryl methyl sites for hydroxylation is 1. The third-order valence-corrected chi connectivity index (χ3v) is 20.9. The van der Waals surface area contributed by atoms with Crippen LogP contribution in [0.15, 0.2) is 214 Å². The predicted octanol–water partition coefficient (Wildman–Crippen LogP) is 20.3. The number of anilines is 5. The molecule has 0 saturated heterocycles. The second kappa shape index (κ2) is 16.9. The molecule has 1 aliphatic heterocycles. The monoisotopic (exact) mass is 1050 g/mol. The van der Waals surface area contributed by atoms with Gasteiger partial charge in [0.25, 0.3) is 0 Å². The lowest BCUT2D eigenvalue weighted by molar-refractivity contribution is 0.539. The van der Waals surface area contributed by atoms with Crippen molar-refractivity contribution in [2.24, 2.45) is 11.8 Å². The zero-order valence-corrected chi connectivity index (χ0v) is 46.6. The molecule has 0 fully saturated rings. The first-order chi connectivity index (χ1) is 39.1. The van der Waals surface area contributed by atoms with Gasteiger partial charge in [-0.05, 0) is 152 Å². The second-order valence-electron chi connectivity index (χ2n) is 24.5. The van der Waals surface area contributed by atoms with Gasteiger partial charge in [-0.1, -0.05) is 180 Å². The van der Waals surface area contributed by atoms with Gasteiger partial charge in [0.2, 0.25) is 0 Å². The predicted molar refractivity (Wildman–Crippen MR) is 335 cm³/mol. The van der Waals surface area contributed by atoms with Crippen molar-refractivity contribution in [3.63, 3.8) is 0 Å². The van der Waals surface area contributed by atoms with Gasteiger partial charge in [-0.3, -0.25) is 0 Å². The molecule has 3 heterocycles. The molecule has 80 heavy (non-hydrogen) atoms. The summed E-state index contributed by atoms with van der Waals surface area (Å²) in [6, 6.07) is 61.9. The molecule has 6 aliphatic carbocycles. The Morgan fingerprint density at radius 3 is 1.99 bits per heavy atom. The molecule has 2 aromatic heterocycles. The van der Waals surface area contributed by atoms with Crippen LogP contribution in [0.2, 0.25) is 0 Å². The molecule has 17 rings (SSSR count). The molecular weight excluding hydrogens is 993 g/mol. The fourth-order valence-corrected chi connectivity index (χ4v) is 17.3. The Kier molecular flexibility index (Phi) is 9.85. The van der Waals surface area contributed by atoms with E-state index in [0.717, 1.165) is 81.7 Å². The first-order valence-corrected chi connectivity index (χ1v) is 29.8. The second-order valence-corrected chi connectivity index (χ2v) is 25.7. The van der Waals surface area contributed by atoms with E-state index in [2.05, 4.69) is 256 Å². The van der Waals surface area contributed by atoms with Crippen molar-refractivity contribution >= 4 is 89.7 Å². The Labute approximate surface area is 472 Å². The fourth-order valence-electron chi connectivity index (χ4n) is 15.7. The van der Waals surface area contributed by atoms with E-state index < -0.39 is 0 Å². The van der Waals surface area contributed by atoms with E-state index >= 15 is 0 Å². The zero-order valence-electron chi connectivity index (χ0n) is 45.8. The smallest absolute Gasteiger partial charge is 0.159 e. The summed E-state index contributed by atoms with van der Waals surface area (Å²) >= 11 is 2.12. The van der Waals surface area contributed by atoms with Gasteiger partial charge in [-0.2, -0.15) is 0 Å². The summed E-state index contributed by atoms with van der Waals surface area (Å²) in [5.74, 6) is 1.69. The molecule has 0 N–H and O–H groups in total. The Balaban J connectivity index is 0.789. The van der Waals surface area contributed by atoms with Crippen LogP contribution in [-0.4, -0.2) is 11.3 Å². The maximum Gasteiger partial charge on any atom is 0.159 e. The zero-order chi connectivity index (χ0) is 53.3. The summed E-state index contributed by atoms with van der Waals surface area (Å²) in [6.07, 6.45) is 18.3. The van der Waals surface area contributed by atoms with Crippen molar-refractivity contribution in [2.75, 3.05) is 9.80 Å². The first-order valence-electron chi connectivity index (χ1n) is 28.9. The van der Waals surface area contributed by atoms with E-state index in [1.54, 1.807) is 5.57 Å². The topological polar surface area (TPSA) is 32.8 Å². The Morgan fingerprint density at radius 2 is 1.20 bits per heavy atom. The third kappa shape index (κ3) is 6.47. The summed E-state index contributed by atoms with van der Waals surface area (Å²) in [5.41, 5.74) is 27.4. The van der Waals surface area contributed by atoms with Crippen LogP contribution >= 0.6 is 11.8 Å². The summed E-state index contributed by atoms with van der Waals surface area (Å²) in [4.78, 5) is 6.60. The highest BCUT2D eigenvalue weighted by molar-refractivity contribution is 8.09. The van der Waals surface area contributed by atoms with Crippen LogP contribution < -0.4 is 9.80 Å². The minimum Gasteiger partial charge on any atom is -0.458 e. The van der Waals surface area contributed by atoms with E-state index in [1.165, 1.54) is 88.3 Å². The van der Waals surface area contributed by atoms with Crippen LogP contribution in [0.1, 0.15) is 98.6 Å². The number of thioether (sulfide) groups is 1. The number of para-hydroxylation sites is 3. The van der Waals surface area contributed by atoms with Crippen molar-refractivity contribution in [3.05, 3.63) is 250 Å². The molecule has 4 atom stereocenters. The van der Waals surface area contributed by atoms with E-state index in [1.807, 2.05) is 0 Å². The number of benzene rings is 8. The van der Waals surface area contributed by atoms with Gasteiger partial charge in [-0.15, -0.1) is 11.8 Å². The molecule has 5 heteroatoms. The maximum atomic E-state index is 6.99. The molecular formula is C75H60N2O2S. The standard InChI is InChI=1S/C75H60N2O2S/c1-43-17-14-22-54-59-39-44(76(64-27-15-23-55-52-20-8-12-29-66(52)78-71(55)64)45-31-35-50-48-18-6-10-25-60(48)74(2,3)62(50)40-45)33-37-57(59)73-70(69(43)54)58-38-34-47(42-68(58)80-73)77(65-28-16-24-56-53-21-9-13-30-67(53)79-72(56)65)46-32-36-51-49-19-7-11-26-61(49)75(4,5)63(51)41-46/h6-12,14-29,31-33,35-41,43,47,68-69H,13,30,34,42H2,1-5H3/t43?,47-,68?,69?/m0/s1. The highest BCUT2D eigenvalue weighted by atomic mass is 32.2. The SMILES string of the molecule is CC1C=CC=C2c3cc(N(c4ccc5c(c4)C(C)(C)c4ccccc4-5)c4cccc5c4oc4ccccc45)ccc3C3=C(C4=CC[C@H](N(c5ccc6c(c5)C(C)(C)c5ccccc5-6)c5cccc6c7c(oc56)CCC=C7)CC4S3)C21. The maximum absolute atomic E-state index is 6.99. The molecule has 0 bridgehead atoms. The third-order valence-electron chi connectivity index (χ3n) is 19.5. The fraction of sp³-hybridized carbons (Fsp3) is 0.200. The lowest BCUT2D eigenvalue weighted by Crippen LogP contribution is -2.36. The van der Waals surface area contributed by atoms with Gasteiger partial charge in [0.05, 0.1) is 11.4 Å². The van der Waals surface area contributed by atoms with Crippen molar-refractivity contribution < 1.29 is 8.83 Å². The van der Waals surface area contributed by atoms with Gasteiger partial charge >= 0.3 is 0 Å². The molecule has 10 aromatic rings. The summed E-state index contributed by atoms with van der Waals surface area (Å²) < 4.78 is 13.9. The summed E-state index contributed by atoms with van der Waals surface area (Å²) in [7, 11) is 0. The lowest BCUT2D eigenvalue weighted by atomic mass is 9.68. The van der Waals surface area contributed by atoms with Crippen LogP contribution in [0.5, 0.6) is 0 Å². The number of furan rings is 2. The molecule has 7 aliphatic rings. The van der Waals surface area contributed by atoms with E-state index in [0.29, 0.717) is 11.2 Å². The minimum atomic E-state index is -0.157. The van der Waals surface area contributed by atoms with E-state index in [4.69, 9.17) is 8.83 Å². The van der Waals surface area contributed by atoms with Gasteiger partial charge in [0.1, 0.15) is 11.3 Å². The summed E-state index contributed by atoms with van der Waals surface area (Å²) in [6.45, 7) is 12.0. The number of nitrogens with zero attached hydrogens (tertiary/aromatic N) is 2. The minimum absolute atomic E-state index is 0.121. The van der Waals surface area contributed by atoms with Crippen molar-refractivity contribution in [2.45, 2.75) is 82.4 Å². The van der Waals surface area contributed by atoms with Crippen LogP contribution in [0.4, 0.5) is 28.4 Å². The van der Waals surface area contributed by atoms with Crippen molar-refractivity contribution in [3.8, 4) is 22.3 Å². The largest absolute Gasteiger partial charge is 0.458 e. The molecule has 0 saturated carbocycles. The van der Waals surface area contributed by atoms with Gasteiger partial charge in [0, 0.05) is 78.1 Å². The number of fused-ring (bicyclic) bond motifs is 19. The van der Waals surface area contributed by atoms with Gasteiger partial charge < -0.3 is 18.6 Å². The Hall–Kier alpha value is -8.25. The Morgan fingerprint density at radius 1 is 0.562 bits per heavy atom. The molecule has 4 nitrogen and oxygen atoms in total. The highest BCUT2D eigenvalue weighted by Crippen LogP contribution is 2.63. The number of hydrogen-bond donors (Lipinski definition) is 0. The first kappa shape index (κ1) is 46.6. The summed E-state index contributed by atoms with van der Waals surface area (Å²) in [5, 5.41) is 3.76. The van der Waals surface area contributed by atoms with Gasteiger partial charge in [0.15, 0.2) is 11.2 Å². The average molecular weight is 1050 g/mol. The number of hydrogen-bond acceptors (Lipinski definition) is 5. The number of allylic oxidation sites excluding steroid dienone is 6. The molecule has 0 spiro atoms. The van der Waals surface area contributed by atoms with Crippen LogP contribution in [-0.2, 0) is 17.3 Å². The lowest BCUT2D eigenvalue weighted by Gasteiger charge is -2.39. The number of rotatable bonds is 6. The molecule has 388 valence electrons. The van der Waals surface area contributed by atoms with Crippen molar-refractivity contribution in [1.82, 2.24) is 0 Å². The molecule has 8 aromatic carbocycles. The van der Waals surface area contributed by atoms with E-state index in [9.17, 15) is 0 Å². The normalized spacial score (nSPS) is 21.0. The van der Waals surface area contributed by atoms with Crippen LogP contribution in [0.25, 0.3) is 71.7 Å². The van der Waals surface area contributed by atoms with Crippen LogP contribution in [0, 0.1) is 11.8 Å². The van der Waals surface area contributed by atoms with E-state index in [-0.39, 0.29) is 22.8 Å². The van der Waals surface area contributed by atoms with Gasteiger partial charge in [-0.25, -0.2) is 0 Å². The molecule has 0 radical (unpaired) electrons. The molecule has 3 unspecified atom stereocenters. The van der Waals surface area contributed by atoms with Crippen LogP contribution in [0.3, 0.4) is 0 Å². The quantitative estimate of drug-likeness (QED) is 0.166. The molecule has 0 amide bonds. The average Bonchev–Trinajstić information content (AvgIpc) is 4.33. The Bertz CT molecular complexity index is 4530.